The number of halogens is 2. The van der Waals surface area contributed by atoms with E-state index in [2.05, 4.69) is 9.97 Å². The van der Waals surface area contributed by atoms with Crippen LogP contribution in [0, 0.1) is 0 Å². The van der Waals surface area contributed by atoms with Gasteiger partial charge in [0.15, 0.2) is 16.3 Å². The molecule has 1 aromatic carbocycles. The van der Waals surface area contributed by atoms with Crippen molar-refractivity contribution in [3.05, 3.63) is 55.7 Å². The molecule has 1 unspecified atom stereocenters. The van der Waals surface area contributed by atoms with Gasteiger partial charge in [-0.2, -0.15) is 0 Å². The van der Waals surface area contributed by atoms with E-state index in [1.807, 2.05) is 18.2 Å². The van der Waals surface area contributed by atoms with Crippen molar-refractivity contribution in [2.24, 2.45) is 7.05 Å². The first-order chi connectivity index (χ1) is 12.4. The van der Waals surface area contributed by atoms with E-state index in [9.17, 15) is 14.7 Å². The van der Waals surface area contributed by atoms with Gasteiger partial charge in [0.2, 0.25) is 0 Å². The van der Waals surface area contributed by atoms with Gasteiger partial charge < -0.3 is 9.67 Å². The molecule has 0 radical (unpaired) electrons. The molecule has 26 heavy (non-hydrogen) atoms. The van der Waals surface area contributed by atoms with Crippen molar-refractivity contribution in [2.45, 2.75) is 17.8 Å². The Kier molecular flexibility index (Phi) is 5.76. The minimum absolute atomic E-state index is 0.0941. The fourth-order valence-corrected chi connectivity index (χ4v) is 3.84. The zero-order valence-corrected chi connectivity index (χ0v) is 16.1. The van der Waals surface area contributed by atoms with Crippen LogP contribution in [0.1, 0.15) is 5.56 Å². The average Bonchev–Trinajstić information content (AvgIpc) is 2.98. The Morgan fingerprint density at radius 1 is 1.35 bits per heavy atom. The van der Waals surface area contributed by atoms with Crippen molar-refractivity contribution < 1.29 is 5.11 Å². The maximum absolute atomic E-state index is 12.4. The topological polar surface area (TPSA) is 92.9 Å². The number of nitrogens with one attached hydrogen (secondary N) is 1. The van der Waals surface area contributed by atoms with Crippen LogP contribution in [0.25, 0.3) is 11.2 Å². The highest BCUT2D eigenvalue weighted by atomic mass is 35.5. The highest BCUT2D eigenvalue weighted by molar-refractivity contribution is 7.99. The van der Waals surface area contributed by atoms with Crippen molar-refractivity contribution in [3.8, 4) is 0 Å². The molecule has 1 atom stereocenters. The third-order valence-electron chi connectivity index (χ3n) is 3.84. The monoisotopic (exact) mass is 414 g/mol. The number of H-pyrrole nitrogens is 1. The minimum Gasteiger partial charge on any atom is -0.391 e. The highest BCUT2D eigenvalue weighted by Crippen LogP contribution is 2.25. The summed E-state index contributed by atoms with van der Waals surface area (Å²) in [5, 5.41) is 10.8. The van der Waals surface area contributed by atoms with Crippen LogP contribution in [-0.4, -0.2) is 41.9 Å². The van der Waals surface area contributed by atoms with E-state index >= 15 is 0 Å². The van der Waals surface area contributed by atoms with Crippen LogP contribution in [0.4, 0.5) is 0 Å². The van der Waals surface area contributed by atoms with Gasteiger partial charge in [0.05, 0.1) is 12.6 Å². The second-order valence-corrected chi connectivity index (χ2v) is 7.38. The SMILES string of the molecule is Cn1c(=O)[nH]c(=O)c2c1nc(SCC(O)CCl)n2Cc1ccccc1Cl. The first-order valence-electron chi connectivity index (χ1n) is 7.72. The molecule has 2 heterocycles. The number of aromatic nitrogens is 4. The molecular weight excluding hydrogens is 399 g/mol. The fourth-order valence-electron chi connectivity index (χ4n) is 2.48. The number of hydrogen-bond acceptors (Lipinski definition) is 5. The summed E-state index contributed by atoms with van der Waals surface area (Å²) in [6.45, 7) is 0.302. The molecule has 2 N–H and O–H groups in total. The molecular formula is C16H16Cl2N4O3S. The smallest absolute Gasteiger partial charge is 0.329 e. The van der Waals surface area contributed by atoms with Crippen LogP contribution in [0.3, 0.4) is 0 Å². The fraction of sp³-hybridized carbons (Fsp3) is 0.312. The number of imidazole rings is 1. The van der Waals surface area contributed by atoms with E-state index in [4.69, 9.17) is 23.2 Å². The number of alkyl halides is 1. The number of aryl methyl sites for hydroxylation is 1. The number of aromatic amines is 1. The van der Waals surface area contributed by atoms with Crippen molar-refractivity contribution in [1.29, 1.82) is 0 Å². The number of hydrogen-bond donors (Lipinski definition) is 2. The van der Waals surface area contributed by atoms with Gasteiger partial charge in [-0.3, -0.25) is 14.3 Å². The predicted molar refractivity (Wildman–Crippen MR) is 104 cm³/mol. The Bertz CT molecular complexity index is 1060. The van der Waals surface area contributed by atoms with Gasteiger partial charge in [0.1, 0.15) is 0 Å². The molecule has 10 heteroatoms. The number of aliphatic hydroxyl groups excluding tert-OH is 1. The van der Waals surface area contributed by atoms with Crippen molar-refractivity contribution in [2.75, 3.05) is 11.6 Å². The summed E-state index contributed by atoms with van der Waals surface area (Å²) in [6, 6.07) is 7.29. The Balaban J connectivity index is 2.16. The van der Waals surface area contributed by atoms with Crippen LogP contribution >= 0.6 is 35.0 Å². The van der Waals surface area contributed by atoms with Gasteiger partial charge in [-0.25, -0.2) is 9.78 Å². The lowest BCUT2D eigenvalue weighted by Crippen LogP contribution is -2.29. The van der Waals surface area contributed by atoms with E-state index in [-0.39, 0.29) is 17.0 Å². The molecule has 0 aliphatic carbocycles. The molecule has 3 rings (SSSR count). The van der Waals surface area contributed by atoms with Crippen LogP contribution in [-0.2, 0) is 13.6 Å². The number of fused-ring (bicyclic) bond motifs is 1. The summed E-state index contributed by atoms with van der Waals surface area (Å²) in [4.78, 5) is 31.0. The molecule has 7 nitrogen and oxygen atoms in total. The van der Waals surface area contributed by atoms with E-state index in [1.165, 1.54) is 23.4 Å². The standard InChI is InChI=1S/C16H16Cl2N4O3S/c1-21-13-12(14(24)20-15(21)25)22(7-9-4-2-3-5-11(9)18)16(19-13)26-8-10(23)6-17/h2-5,10,23H,6-8H2,1H3,(H,20,24,25). The Labute approximate surface area is 162 Å². The summed E-state index contributed by atoms with van der Waals surface area (Å²) >= 11 is 13.2. The summed E-state index contributed by atoms with van der Waals surface area (Å²) < 4.78 is 2.97. The molecule has 138 valence electrons. The van der Waals surface area contributed by atoms with Gasteiger partial charge in [0, 0.05) is 23.7 Å². The van der Waals surface area contributed by atoms with Crippen LogP contribution in [0.2, 0.25) is 5.02 Å². The molecule has 0 fully saturated rings. The largest absolute Gasteiger partial charge is 0.391 e. The molecule has 2 aromatic heterocycles. The quantitative estimate of drug-likeness (QED) is 0.473. The van der Waals surface area contributed by atoms with E-state index < -0.39 is 17.4 Å². The normalized spacial score (nSPS) is 12.6. The molecule has 0 aliphatic heterocycles. The number of thioether (sulfide) groups is 1. The van der Waals surface area contributed by atoms with E-state index in [1.54, 1.807) is 10.6 Å². The lowest BCUT2D eigenvalue weighted by Gasteiger charge is -2.11. The molecule has 0 aliphatic rings. The number of nitrogens with zero attached hydrogens (tertiary/aromatic N) is 3. The molecule has 0 amide bonds. The van der Waals surface area contributed by atoms with Crippen LogP contribution in [0.15, 0.2) is 39.0 Å². The molecule has 0 bridgehead atoms. The second kappa shape index (κ2) is 7.87. The second-order valence-electron chi connectivity index (χ2n) is 5.68. The van der Waals surface area contributed by atoms with Gasteiger partial charge in [-0.1, -0.05) is 41.6 Å². The highest BCUT2D eigenvalue weighted by Gasteiger charge is 2.19. The van der Waals surface area contributed by atoms with Gasteiger partial charge >= 0.3 is 5.69 Å². The molecule has 0 saturated heterocycles. The zero-order chi connectivity index (χ0) is 18.8. The number of rotatable bonds is 6. The number of benzene rings is 1. The number of aliphatic hydroxyl groups is 1. The first-order valence-corrected chi connectivity index (χ1v) is 9.62. The van der Waals surface area contributed by atoms with Gasteiger partial charge in [-0.05, 0) is 11.6 Å². The van der Waals surface area contributed by atoms with Gasteiger partial charge in [-0.15, -0.1) is 11.6 Å². The maximum atomic E-state index is 12.4. The Morgan fingerprint density at radius 3 is 2.77 bits per heavy atom. The summed E-state index contributed by atoms with van der Waals surface area (Å²) in [7, 11) is 1.54. The molecule has 0 spiro atoms. The maximum Gasteiger partial charge on any atom is 0.329 e. The summed E-state index contributed by atoms with van der Waals surface area (Å²) in [5.41, 5.74) is 0.291. The molecule has 3 aromatic rings. The summed E-state index contributed by atoms with van der Waals surface area (Å²) in [6.07, 6.45) is -0.711. The van der Waals surface area contributed by atoms with Crippen molar-refractivity contribution in [1.82, 2.24) is 19.1 Å². The van der Waals surface area contributed by atoms with Crippen LogP contribution in [0.5, 0.6) is 0 Å². The predicted octanol–water partition coefficient (Wildman–Crippen LogP) is 1.82. The average molecular weight is 415 g/mol. The minimum atomic E-state index is -0.711. The summed E-state index contributed by atoms with van der Waals surface area (Å²) in [5.74, 6) is 0.401. The first kappa shape index (κ1) is 19.0. The third kappa shape index (κ3) is 3.68. The Hall–Kier alpha value is -1.74. The van der Waals surface area contributed by atoms with E-state index in [0.717, 1.165) is 5.56 Å². The Morgan fingerprint density at radius 2 is 2.08 bits per heavy atom. The van der Waals surface area contributed by atoms with Crippen molar-refractivity contribution in [3.63, 3.8) is 0 Å². The lowest BCUT2D eigenvalue weighted by molar-refractivity contribution is 0.223. The lowest BCUT2D eigenvalue weighted by atomic mass is 10.2. The van der Waals surface area contributed by atoms with Gasteiger partial charge in [0.25, 0.3) is 5.56 Å². The van der Waals surface area contributed by atoms with E-state index in [0.29, 0.717) is 22.5 Å². The van der Waals surface area contributed by atoms with Crippen molar-refractivity contribution >= 4 is 46.1 Å². The zero-order valence-electron chi connectivity index (χ0n) is 13.8. The third-order valence-corrected chi connectivity index (χ3v) is 5.69. The molecule has 0 saturated carbocycles. The van der Waals surface area contributed by atoms with Crippen LogP contribution < -0.4 is 11.2 Å².